The summed E-state index contributed by atoms with van der Waals surface area (Å²) in [6, 6.07) is 10.2. The zero-order valence-electron chi connectivity index (χ0n) is 22.7. The van der Waals surface area contributed by atoms with Gasteiger partial charge in [0.2, 0.25) is 0 Å². The number of hydrogen-bond acceptors (Lipinski definition) is 6. The molecule has 1 saturated heterocycles. The average molecular weight is 512 g/mol. The van der Waals surface area contributed by atoms with Gasteiger partial charge in [0.15, 0.2) is 0 Å². The minimum atomic E-state index is -0.434. The molecule has 3 amide bonds. The van der Waals surface area contributed by atoms with Gasteiger partial charge in [0.1, 0.15) is 11.5 Å². The Labute approximate surface area is 220 Å². The van der Waals surface area contributed by atoms with E-state index in [9.17, 15) is 9.59 Å². The van der Waals surface area contributed by atoms with Gasteiger partial charge < -0.3 is 35.2 Å². The van der Waals surface area contributed by atoms with E-state index in [1.807, 2.05) is 12.1 Å². The molecule has 1 aliphatic rings. The first-order chi connectivity index (χ1) is 17.9. The van der Waals surface area contributed by atoms with Crippen LogP contribution in [0.25, 0.3) is 0 Å². The molecule has 202 valence electrons. The Hall–Kier alpha value is -3.46. The van der Waals surface area contributed by atoms with Crippen LogP contribution >= 0.6 is 0 Å². The number of amides is 3. The van der Waals surface area contributed by atoms with E-state index in [1.165, 1.54) is 7.11 Å². The number of benzene rings is 2. The predicted octanol–water partition coefficient (Wildman–Crippen LogP) is 4.66. The van der Waals surface area contributed by atoms with E-state index < -0.39 is 6.03 Å². The normalized spacial score (nSPS) is 13.8. The van der Waals surface area contributed by atoms with Crippen molar-refractivity contribution in [3.8, 4) is 11.5 Å². The van der Waals surface area contributed by atoms with E-state index in [-0.39, 0.29) is 5.91 Å². The lowest BCUT2D eigenvalue weighted by atomic mass is 9.98. The lowest BCUT2D eigenvalue weighted by Gasteiger charge is -2.33. The molecule has 37 heavy (non-hydrogen) atoms. The third kappa shape index (κ3) is 7.76. The van der Waals surface area contributed by atoms with Gasteiger partial charge in [-0.25, -0.2) is 4.79 Å². The van der Waals surface area contributed by atoms with E-state index in [4.69, 9.17) is 9.47 Å². The molecule has 1 fully saturated rings. The summed E-state index contributed by atoms with van der Waals surface area (Å²) in [5.41, 5.74) is 2.51. The maximum Gasteiger partial charge on any atom is 0.323 e. The van der Waals surface area contributed by atoms with Gasteiger partial charge in [0, 0.05) is 43.6 Å². The van der Waals surface area contributed by atoms with Gasteiger partial charge in [-0.05, 0) is 62.2 Å². The van der Waals surface area contributed by atoms with Crippen molar-refractivity contribution in [2.45, 2.75) is 33.6 Å². The molecule has 9 nitrogen and oxygen atoms in total. The predicted molar refractivity (Wildman–Crippen MR) is 149 cm³/mol. The second-order valence-corrected chi connectivity index (χ2v) is 9.33. The van der Waals surface area contributed by atoms with E-state index in [0.29, 0.717) is 40.9 Å². The highest BCUT2D eigenvalue weighted by atomic mass is 16.5. The number of rotatable bonds is 11. The van der Waals surface area contributed by atoms with Crippen LogP contribution in [0.5, 0.6) is 11.5 Å². The summed E-state index contributed by atoms with van der Waals surface area (Å²) in [5, 5.41) is 8.73. The standard InChI is InChI=1S/C28H41N5O4/c1-6-32(7-2)17-14-29-27(34)23-18-21(8-11-25(23)33-15-12-20(3)13-16-33)30-28(35)31-24-10-9-22(36-4)19-26(24)37-5/h8-11,18-20H,6-7,12-17H2,1-5H3,(H,29,34)(H2,30,31,35). The molecule has 0 atom stereocenters. The first-order valence-electron chi connectivity index (χ1n) is 13.1. The molecule has 2 aromatic carbocycles. The molecule has 3 rings (SSSR count). The summed E-state index contributed by atoms with van der Waals surface area (Å²) in [4.78, 5) is 30.6. The molecule has 3 N–H and O–H groups in total. The highest BCUT2D eigenvalue weighted by Crippen LogP contribution is 2.31. The highest BCUT2D eigenvalue weighted by Gasteiger charge is 2.22. The number of carbonyl (C=O) groups is 2. The Bertz CT molecular complexity index is 1050. The van der Waals surface area contributed by atoms with Crippen molar-refractivity contribution in [1.82, 2.24) is 10.2 Å². The first-order valence-corrected chi connectivity index (χ1v) is 13.1. The van der Waals surface area contributed by atoms with E-state index in [2.05, 4.69) is 46.5 Å². The number of nitrogens with zero attached hydrogens (tertiary/aromatic N) is 2. The van der Waals surface area contributed by atoms with Gasteiger partial charge >= 0.3 is 6.03 Å². The van der Waals surface area contributed by atoms with Crippen molar-refractivity contribution in [3.05, 3.63) is 42.0 Å². The number of urea groups is 1. The average Bonchev–Trinajstić information content (AvgIpc) is 2.91. The Morgan fingerprint density at radius 1 is 1.00 bits per heavy atom. The number of methoxy groups -OCH3 is 2. The summed E-state index contributed by atoms with van der Waals surface area (Å²) in [5.74, 6) is 1.66. The summed E-state index contributed by atoms with van der Waals surface area (Å²) in [6.07, 6.45) is 2.18. The van der Waals surface area contributed by atoms with Crippen LogP contribution in [-0.2, 0) is 0 Å². The molecule has 0 unspecified atom stereocenters. The number of piperidine rings is 1. The van der Waals surface area contributed by atoms with Crippen molar-refractivity contribution in [2.75, 3.05) is 69.0 Å². The van der Waals surface area contributed by atoms with E-state index in [0.717, 1.165) is 51.3 Å². The number of carbonyl (C=O) groups excluding carboxylic acids is 2. The molecule has 0 saturated carbocycles. The van der Waals surface area contributed by atoms with Crippen molar-refractivity contribution in [1.29, 1.82) is 0 Å². The van der Waals surface area contributed by atoms with Gasteiger partial charge in [-0.2, -0.15) is 0 Å². The molecular weight excluding hydrogens is 470 g/mol. The number of nitrogens with one attached hydrogen (secondary N) is 3. The van der Waals surface area contributed by atoms with Crippen molar-refractivity contribution >= 4 is 29.0 Å². The molecular formula is C28H41N5O4. The molecule has 0 bridgehead atoms. The molecule has 9 heteroatoms. The van der Waals surface area contributed by atoms with Crippen LogP contribution in [-0.4, -0.2) is 70.3 Å². The maximum atomic E-state index is 13.3. The second kappa shape index (κ2) is 13.7. The SMILES string of the molecule is CCN(CC)CCNC(=O)c1cc(NC(=O)Nc2ccc(OC)cc2OC)ccc1N1CCC(C)CC1. The summed E-state index contributed by atoms with van der Waals surface area (Å²) in [7, 11) is 3.10. The third-order valence-corrected chi connectivity index (χ3v) is 6.89. The van der Waals surface area contributed by atoms with E-state index in [1.54, 1.807) is 31.4 Å². The van der Waals surface area contributed by atoms with Gasteiger partial charge in [-0.1, -0.05) is 20.8 Å². The first kappa shape index (κ1) is 28.1. The monoisotopic (exact) mass is 511 g/mol. The van der Waals surface area contributed by atoms with Crippen molar-refractivity contribution < 1.29 is 19.1 Å². The largest absolute Gasteiger partial charge is 0.497 e. The number of hydrogen-bond donors (Lipinski definition) is 3. The van der Waals surface area contributed by atoms with Crippen LogP contribution < -0.4 is 30.3 Å². The molecule has 0 aromatic heterocycles. The third-order valence-electron chi connectivity index (χ3n) is 6.89. The van der Waals surface area contributed by atoms with Crippen molar-refractivity contribution in [2.24, 2.45) is 5.92 Å². The Morgan fingerprint density at radius 2 is 1.73 bits per heavy atom. The summed E-state index contributed by atoms with van der Waals surface area (Å²) in [6.45, 7) is 11.5. The zero-order valence-corrected chi connectivity index (χ0v) is 22.7. The molecule has 0 spiro atoms. The zero-order chi connectivity index (χ0) is 26.8. The molecule has 1 heterocycles. The summed E-state index contributed by atoms with van der Waals surface area (Å²) >= 11 is 0. The Morgan fingerprint density at radius 3 is 2.38 bits per heavy atom. The fourth-order valence-electron chi connectivity index (χ4n) is 4.47. The highest BCUT2D eigenvalue weighted by molar-refractivity contribution is 6.04. The second-order valence-electron chi connectivity index (χ2n) is 9.33. The van der Waals surface area contributed by atoms with Gasteiger partial charge in [-0.3, -0.25) is 4.79 Å². The lowest BCUT2D eigenvalue weighted by molar-refractivity contribution is 0.0949. The Kier molecular flexibility index (Phi) is 10.4. The van der Waals surface area contributed by atoms with Crippen LogP contribution in [0.1, 0.15) is 44.0 Å². The summed E-state index contributed by atoms with van der Waals surface area (Å²) < 4.78 is 10.6. The molecule has 0 radical (unpaired) electrons. The lowest BCUT2D eigenvalue weighted by Crippen LogP contribution is -2.37. The fourth-order valence-corrected chi connectivity index (χ4v) is 4.47. The smallest absolute Gasteiger partial charge is 0.323 e. The minimum absolute atomic E-state index is 0.137. The van der Waals surface area contributed by atoms with Crippen LogP contribution in [0.4, 0.5) is 21.9 Å². The Balaban J connectivity index is 1.76. The van der Waals surface area contributed by atoms with Gasteiger partial charge in [0.05, 0.1) is 25.5 Å². The fraction of sp³-hybridized carbons (Fsp3) is 0.500. The van der Waals surface area contributed by atoms with Crippen LogP contribution in [0.15, 0.2) is 36.4 Å². The number of likely N-dealkylation sites (N-methyl/N-ethyl adjacent to an activating group) is 1. The van der Waals surface area contributed by atoms with Crippen LogP contribution in [0.2, 0.25) is 0 Å². The van der Waals surface area contributed by atoms with Crippen molar-refractivity contribution in [3.63, 3.8) is 0 Å². The maximum absolute atomic E-state index is 13.3. The molecule has 1 aliphatic heterocycles. The van der Waals surface area contributed by atoms with Crippen LogP contribution in [0, 0.1) is 5.92 Å². The van der Waals surface area contributed by atoms with Gasteiger partial charge in [-0.15, -0.1) is 0 Å². The van der Waals surface area contributed by atoms with Crippen LogP contribution in [0.3, 0.4) is 0 Å². The topological polar surface area (TPSA) is 95.2 Å². The molecule has 2 aromatic rings. The quantitative estimate of drug-likeness (QED) is 0.406. The van der Waals surface area contributed by atoms with Gasteiger partial charge in [0.25, 0.3) is 5.91 Å². The number of ether oxygens (including phenoxy) is 2. The van der Waals surface area contributed by atoms with E-state index >= 15 is 0 Å². The molecule has 0 aliphatic carbocycles. The number of anilines is 3. The minimum Gasteiger partial charge on any atom is -0.497 e.